The zero-order valence-corrected chi connectivity index (χ0v) is 7.73. The summed E-state index contributed by atoms with van der Waals surface area (Å²) in [4.78, 5) is 10.1. The van der Waals surface area contributed by atoms with Crippen LogP contribution >= 0.6 is 11.6 Å². The Kier molecular flexibility index (Phi) is 6.81. The summed E-state index contributed by atoms with van der Waals surface area (Å²) in [5, 5.41) is 11.9. The van der Waals surface area contributed by atoms with Gasteiger partial charge in [-0.25, -0.2) is 0 Å². The number of carboxylic acids is 1. The van der Waals surface area contributed by atoms with Crippen molar-refractivity contribution in [2.75, 3.05) is 13.1 Å². The predicted octanol–water partition coefficient (Wildman–Crippen LogP) is 1.58. The number of unbranched alkanes of at least 4 members (excludes halogenated alkanes) is 1. The molecule has 0 heterocycles. The molecule has 0 radical (unpaired) electrons. The van der Waals surface area contributed by atoms with Crippen molar-refractivity contribution < 1.29 is 9.90 Å². The van der Waals surface area contributed by atoms with E-state index in [1.54, 1.807) is 0 Å². The van der Waals surface area contributed by atoms with Crippen LogP contribution in [0.5, 0.6) is 0 Å². The average molecular weight is 192 g/mol. The minimum absolute atomic E-state index is 0.240. The van der Waals surface area contributed by atoms with Crippen LogP contribution in [0.1, 0.15) is 19.3 Å². The second-order valence-electron chi connectivity index (χ2n) is 2.54. The van der Waals surface area contributed by atoms with E-state index in [1.807, 2.05) is 0 Å². The number of hydrogen-bond donors (Lipinski definition) is 2. The molecule has 0 aromatic rings. The van der Waals surface area contributed by atoms with Crippen molar-refractivity contribution in [3.05, 3.63) is 11.6 Å². The lowest BCUT2D eigenvalue weighted by molar-refractivity contribution is -0.137. The van der Waals surface area contributed by atoms with E-state index in [4.69, 9.17) is 16.7 Å². The Balaban J connectivity index is 3.01. The van der Waals surface area contributed by atoms with Gasteiger partial charge in [0, 0.05) is 18.0 Å². The van der Waals surface area contributed by atoms with Gasteiger partial charge in [0.15, 0.2) is 0 Å². The van der Waals surface area contributed by atoms with Crippen LogP contribution in [-0.4, -0.2) is 24.2 Å². The second kappa shape index (κ2) is 7.13. The Morgan fingerprint density at radius 3 is 2.67 bits per heavy atom. The lowest BCUT2D eigenvalue weighted by atomic mass is 10.2. The summed E-state index contributed by atoms with van der Waals surface area (Å²) in [6.45, 7) is 4.89. The lowest BCUT2D eigenvalue weighted by Crippen LogP contribution is -2.16. The van der Waals surface area contributed by atoms with Crippen LogP contribution in [0.3, 0.4) is 0 Å². The summed E-state index contributed by atoms with van der Waals surface area (Å²) in [5.74, 6) is -0.739. The quantitative estimate of drug-likeness (QED) is 0.601. The van der Waals surface area contributed by atoms with E-state index >= 15 is 0 Å². The van der Waals surface area contributed by atoms with E-state index in [0.717, 1.165) is 13.0 Å². The third-order valence-electron chi connectivity index (χ3n) is 1.31. The molecule has 0 saturated heterocycles. The number of nitrogens with one attached hydrogen (secondary N) is 1. The first-order valence-electron chi connectivity index (χ1n) is 3.88. The van der Waals surface area contributed by atoms with Gasteiger partial charge in [-0.15, -0.1) is 0 Å². The van der Waals surface area contributed by atoms with Gasteiger partial charge in [-0.05, 0) is 19.4 Å². The standard InChI is InChI=1S/C8H14ClNO2/c1-7(9)6-10-5-3-2-4-8(11)12/h10H,1-6H2,(H,11,12). The molecule has 4 heteroatoms. The highest BCUT2D eigenvalue weighted by atomic mass is 35.5. The van der Waals surface area contributed by atoms with Gasteiger partial charge in [-0.3, -0.25) is 4.79 Å². The van der Waals surface area contributed by atoms with Crippen LogP contribution in [0, 0.1) is 0 Å². The third kappa shape index (κ3) is 9.46. The van der Waals surface area contributed by atoms with Crippen molar-refractivity contribution in [1.29, 1.82) is 0 Å². The molecule has 0 aromatic heterocycles. The van der Waals surface area contributed by atoms with E-state index in [0.29, 0.717) is 18.0 Å². The minimum atomic E-state index is -0.739. The van der Waals surface area contributed by atoms with Crippen LogP contribution in [-0.2, 0) is 4.79 Å². The highest BCUT2D eigenvalue weighted by Crippen LogP contribution is 1.95. The molecule has 3 nitrogen and oxygen atoms in total. The predicted molar refractivity (Wildman–Crippen MR) is 49.3 cm³/mol. The summed E-state index contributed by atoms with van der Waals surface area (Å²) in [7, 11) is 0. The molecule has 0 atom stereocenters. The first kappa shape index (κ1) is 11.5. The van der Waals surface area contributed by atoms with Crippen molar-refractivity contribution in [2.45, 2.75) is 19.3 Å². The number of carboxylic acid groups (broad SMARTS) is 1. The topological polar surface area (TPSA) is 49.3 Å². The number of rotatable bonds is 7. The summed E-state index contributed by atoms with van der Waals surface area (Å²) in [6, 6.07) is 0. The molecular formula is C8H14ClNO2. The zero-order chi connectivity index (χ0) is 9.40. The molecule has 2 N–H and O–H groups in total. The number of halogens is 1. The van der Waals surface area contributed by atoms with Gasteiger partial charge in [-0.1, -0.05) is 18.2 Å². The van der Waals surface area contributed by atoms with Gasteiger partial charge in [0.1, 0.15) is 0 Å². The summed E-state index contributed by atoms with van der Waals surface area (Å²) in [6.07, 6.45) is 1.80. The van der Waals surface area contributed by atoms with Gasteiger partial charge in [0.2, 0.25) is 0 Å². The maximum atomic E-state index is 10.1. The number of aliphatic carboxylic acids is 1. The van der Waals surface area contributed by atoms with Crippen LogP contribution in [0.25, 0.3) is 0 Å². The molecule has 0 fully saturated rings. The molecule has 0 aliphatic rings. The molecule has 0 amide bonds. The van der Waals surface area contributed by atoms with Gasteiger partial charge >= 0.3 is 5.97 Å². The molecule has 0 saturated carbocycles. The van der Waals surface area contributed by atoms with E-state index in [2.05, 4.69) is 11.9 Å². The van der Waals surface area contributed by atoms with Crippen LogP contribution in [0.2, 0.25) is 0 Å². The molecule has 0 rings (SSSR count). The van der Waals surface area contributed by atoms with E-state index in [1.165, 1.54) is 0 Å². The largest absolute Gasteiger partial charge is 0.481 e. The Hall–Kier alpha value is -0.540. The Morgan fingerprint density at radius 1 is 1.50 bits per heavy atom. The van der Waals surface area contributed by atoms with Crippen molar-refractivity contribution in [3.63, 3.8) is 0 Å². The van der Waals surface area contributed by atoms with Gasteiger partial charge in [-0.2, -0.15) is 0 Å². The van der Waals surface area contributed by atoms with Crippen molar-refractivity contribution in [3.8, 4) is 0 Å². The smallest absolute Gasteiger partial charge is 0.303 e. The molecule has 0 bridgehead atoms. The van der Waals surface area contributed by atoms with Gasteiger partial charge in [0.25, 0.3) is 0 Å². The Bertz CT molecular complexity index is 141. The SMILES string of the molecule is C=C(Cl)CNCCCCC(=O)O. The fourth-order valence-corrected chi connectivity index (χ4v) is 0.845. The maximum absolute atomic E-state index is 10.1. The van der Waals surface area contributed by atoms with Crippen LogP contribution in [0.15, 0.2) is 11.6 Å². The summed E-state index contributed by atoms with van der Waals surface area (Å²) < 4.78 is 0. The number of hydrogen-bond acceptors (Lipinski definition) is 2. The highest BCUT2D eigenvalue weighted by molar-refractivity contribution is 6.29. The Morgan fingerprint density at radius 2 is 2.17 bits per heavy atom. The average Bonchev–Trinajstić information content (AvgIpc) is 1.95. The van der Waals surface area contributed by atoms with Gasteiger partial charge < -0.3 is 10.4 Å². The van der Waals surface area contributed by atoms with Gasteiger partial charge in [0.05, 0.1) is 0 Å². The molecule has 70 valence electrons. The molecular weight excluding hydrogens is 178 g/mol. The molecule has 0 aliphatic heterocycles. The van der Waals surface area contributed by atoms with E-state index in [-0.39, 0.29) is 6.42 Å². The van der Waals surface area contributed by atoms with E-state index < -0.39 is 5.97 Å². The highest BCUT2D eigenvalue weighted by Gasteiger charge is 1.95. The summed E-state index contributed by atoms with van der Waals surface area (Å²) in [5.41, 5.74) is 0. The van der Waals surface area contributed by atoms with Crippen LogP contribution in [0.4, 0.5) is 0 Å². The zero-order valence-electron chi connectivity index (χ0n) is 6.98. The van der Waals surface area contributed by atoms with Crippen molar-refractivity contribution in [1.82, 2.24) is 5.32 Å². The minimum Gasteiger partial charge on any atom is -0.481 e. The molecule has 0 aliphatic carbocycles. The molecule has 0 spiro atoms. The third-order valence-corrected chi connectivity index (χ3v) is 1.44. The Labute approximate surface area is 77.4 Å². The summed E-state index contributed by atoms with van der Waals surface area (Å²) >= 11 is 5.49. The van der Waals surface area contributed by atoms with Crippen LogP contribution < -0.4 is 5.32 Å². The lowest BCUT2D eigenvalue weighted by Gasteiger charge is -2.01. The first-order valence-corrected chi connectivity index (χ1v) is 4.26. The fourth-order valence-electron chi connectivity index (χ4n) is 0.750. The monoisotopic (exact) mass is 191 g/mol. The molecule has 12 heavy (non-hydrogen) atoms. The first-order chi connectivity index (χ1) is 5.63. The van der Waals surface area contributed by atoms with Crippen molar-refractivity contribution >= 4 is 17.6 Å². The van der Waals surface area contributed by atoms with E-state index in [9.17, 15) is 4.79 Å². The fraction of sp³-hybridized carbons (Fsp3) is 0.625. The van der Waals surface area contributed by atoms with Crippen molar-refractivity contribution in [2.24, 2.45) is 0 Å². The number of carbonyl (C=O) groups is 1. The second-order valence-corrected chi connectivity index (χ2v) is 3.08. The molecule has 0 aromatic carbocycles. The normalized spacial score (nSPS) is 9.75. The maximum Gasteiger partial charge on any atom is 0.303 e. The molecule has 0 unspecified atom stereocenters.